The molecule has 14 heavy (non-hydrogen) atoms. The van der Waals surface area contributed by atoms with Gasteiger partial charge >= 0.3 is 0 Å². The van der Waals surface area contributed by atoms with Crippen molar-refractivity contribution in [3.05, 3.63) is 35.6 Å². The predicted molar refractivity (Wildman–Crippen MR) is 52.2 cm³/mol. The molecule has 2 N–H and O–H groups in total. The fourth-order valence-corrected chi connectivity index (χ4v) is 1.22. The molecule has 2 atom stereocenters. The van der Waals surface area contributed by atoms with Crippen LogP contribution in [-0.4, -0.2) is 16.3 Å². The molecule has 0 spiro atoms. The van der Waals surface area contributed by atoms with Gasteiger partial charge in [0.15, 0.2) is 0 Å². The summed E-state index contributed by atoms with van der Waals surface area (Å²) in [6, 6.07) is 5.49. The van der Waals surface area contributed by atoms with Gasteiger partial charge in [-0.25, -0.2) is 4.39 Å². The van der Waals surface area contributed by atoms with Crippen molar-refractivity contribution in [1.29, 1.82) is 0 Å². The van der Waals surface area contributed by atoms with Gasteiger partial charge in [0.25, 0.3) is 0 Å². The first-order valence-corrected chi connectivity index (χ1v) is 4.64. The summed E-state index contributed by atoms with van der Waals surface area (Å²) in [4.78, 5) is 0. The zero-order valence-corrected chi connectivity index (χ0v) is 8.31. The lowest BCUT2D eigenvalue weighted by atomic mass is 9.96. The molecule has 1 unspecified atom stereocenters. The standard InChI is InChI=1S/C11H15FO2/c1-7(2)10(13)11(14)8-3-5-9(12)6-4-8/h3-7,10-11,13-14H,1-2H3/t10?,11-/m1/s1. The Morgan fingerprint density at radius 3 is 2.00 bits per heavy atom. The Bertz CT molecular complexity index is 282. The lowest BCUT2D eigenvalue weighted by Crippen LogP contribution is -2.23. The number of rotatable bonds is 3. The lowest BCUT2D eigenvalue weighted by molar-refractivity contribution is -0.00942. The molecule has 0 aliphatic heterocycles. The van der Waals surface area contributed by atoms with Gasteiger partial charge < -0.3 is 10.2 Å². The van der Waals surface area contributed by atoms with E-state index in [0.29, 0.717) is 5.56 Å². The first-order valence-electron chi connectivity index (χ1n) is 4.64. The van der Waals surface area contributed by atoms with Crippen LogP contribution in [0.25, 0.3) is 0 Å². The molecule has 0 bridgehead atoms. The Morgan fingerprint density at radius 1 is 1.07 bits per heavy atom. The van der Waals surface area contributed by atoms with Crippen molar-refractivity contribution < 1.29 is 14.6 Å². The van der Waals surface area contributed by atoms with E-state index >= 15 is 0 Å². The molecule has 0 fully saturated rings. The first kappa shape index (κ1) is 11.1. The average Bonchev–Trinajstić information content (AvgIpc) is 2.16. The predicted octanol–water partition coefficient (Wildman–Crippen LogP) is 1.88. The maximum atomic E-state index is 12.6. The second-order valence-electron chi connectivity index (χ2n) is 3.73. The molecule has 0 aliphatic rings. The Balaban J connectivity index is 2.78. The minimum atomic E-state index is -0.949. The molecule has 1 aromatic carbocycles. The summed E-state index contributed by atoms with van der Waals surface area (Å²) in [5.74, 6) is -0.380. The van der Waals surface area contributed by atoms with Gasteiger partial charge in [-0.1, -0.05) is 26.0 Å². The Labute approximate surface area is 83.0 Å². The highest BCUT2D eigenvalue weighted by Gasteiger charge is 2.21. The zero-order valence-electron chi connectivity index (χ0n) is 8.31. The number of halogens is 1. The molecule has 3 heteroatoms. The van der Waals surface area contributed by atoms with Gasteiger partial charge in [0.1, 0.15) is 11.9 Å². The van der Waals surface area contributed by atoms with Gasteiger partial charge in [0, 0.05) is 0 Å². The monoisotopic (exact) mass is 198 g/mol. The van der Waals surface area contributed by atoms with Crippen LogP contribution in [0.3, 0.4) is 0 Å². The molecule has 0 aromatic heterocycles. The van der Waals surface area contributed by atoms with Crippen molar-refractivity contribution in [1.82, 2.24) is 0 Å². The minimum Gasteiger partial charge on any atom is -0.390 e. The summed E-state index contributed by atoms with van der Waals surface area (Å²) in [5, 5.41) is 19.3. The van der Waals surface area contributed by atoms with Crippen molar-refractivity contribution in [2.24, 2.45) is 5.92 Å². The highest BCUT2D eigenvalue weighted by atomic mass is 19.1. The Hall–Kier alpha value is -0.930. The smallest absolute Gasteiger partial charge is 0.123 e. The molecule has 0 saturated carbocycles. The van der Waals surface area contributed by atoms with Gasteiger partial charge in [-0.15, -0.1) is 0 Å². The van der Waals surface area contributed by atoms with Crippen molar-refractivity contribution in [3.63, 3.8) is 0 Å². The molecule has 0 radical (unpaired) electrons. The van der Waals surface area contributed by atoms with Gasteiger partial charge in [0.2, 0.25) is 0 Å². The van der Waals surface area contributed by atoms with Crippen LogP contribution in [0.1, 0.15) is 25.5 Å². The van der Waals surface area contributed by atoms with E-state index in [9.17, 15) is 14.6 Å². The molecule has 2 nitrogen and oxygen atoms in total. The number of hydrogen-bond donors (Lipinski definition) is 2. The van der Waals surface area contributed by atoms with Crippen LogP contribution in [0.4, 0.5) is 4.39 Å². The SMILES string of the molecule is CC(C)C(O)[C@H](O)c1ccc(F)cc1. The molecule has 1 rings (SSSR count). The fourth-order valence-electron chi connectivity index (χ4n) is 1.22. The minimum absolute atomic E-state index is 0.0324. The molecule has 0 heterocycles. The number of hydrogen-bond acceptors (Lipinski definition) is 2. The zero-order chi connectivity index (χ0) is 10.7. The Morgan fingerprint density at radius 2 is 1.57 bits per heavy atom. The molecule has 1 aromatic rings. The number of aliphatic hydroxyl groups excluding tert-OH is 2. The second kappa shape index (κ2) is 4.53. The highest BCUT2D eigenvalue weighted by Crippen LogP contribution is 2.21. The molecule has 0 amide bonds. The second-order valence-corrected chi connectivity index (χ2v) is 3.73. The van der Waals surface area contributed by atoms with Gasteiger partial charge in [-0.05, 0) is 23.6 Å². The van der Waals surface area contributed by atoms with E-state index in [2.05, 4.69) is 0 Å². The van der Waals surface area contributed by atoms with Crippen LogP contribution >= 0.6 is 0 Å². The van der Waals surface area contributed by atoms with E-state index in [4.69, 9.17) is 0 Å². The van der Waals surface area contributed by atoms with E-state index in [1.165, 1.54) is 24.3 Å². The van der Waals surface area contributed by atoms with E-state index in [0.717, 1.165) is 0 Å². The fraction of sp³-hybridized carbons (Fsp3) is 0.455. The van der Waals surface area contributed by atoms with Crippen molar-refractivity contribution >= 4 is 0 Å². The molecule has 0 aliphatic carbocycles. The van der Waals surface area contributed by atoms with Crippen LogP contribution < -0.4 is 0 Å². The molecule has 0 saturated heterocycles. The summed E-state index contributed by atoms with van der Waals surface area (Å²) < 4.78 is 12.6. The number of aliphatic hydroxyl groups is 2. The first-order chi connectivity index (χ1) is 6.52. The van der Waals surface area contributed by atoms with Crippen molar-refractivity contribution in [2.75, 3.05) is 0 Å². The van der Waals surface area contributed by atoms with Gasteiger partial charge in [-0.2, -0.15) is 0 Å². The summed E-state index contributed by atoms with van der Waals surface area (Å²) in [6.07, 6.45) is -1.77. The summed E-state index contributed by atoms with van der Waals surface area (Å²) in [7, 11) is 0. The van der Waals surface area contributed by atoms with Gasteiger partial charge in [-0.3, -0.25) is 0 Å². The average molecular weight is 198 g/mol. The van der Waals surface area contributed by atoms with Crippen LogP contribution in [0.2, 0.25) is 0 Å². The third kappa shape index (κ3) is 2.53. The van der Waals surface area contributed by atoms with Crippen molar-refractivity contribution in [2.45, 2.75) is 26.1 Å². The largest absolute Gasteiger partial charge is 0.390 e. The van der Waals surface area contributed by atoms with E-state index in [1.807, 2.05) is 13.8 Å². The lowest BCUT2D eigenvalue weighted by Gasteiger charge is -2.21. The maximum Gasteiger partial charge on any atom is 0.123 e. The van der Waals surface area contributed by atoms with Crippen LogP contribution in [-0.2, 0) is 0 Å². The summed E-state index contributed by atoms with van der Waals surface area (Å²) >= 11 is 0. The third-order valence-electron chi connectivity index (χ3n) is 2.22. The maximum absolute atomic E-state index is 12.6. The van der Waals surface area contributed by atoms with Crippen LogP contribution in [0.15, 0.2) is 24.3 Å². The van der Waals surface area contributed by atoms with Gasteiger partial charge in [0.05, 0.1) is 6.10 Å². The third-order valence-corrected chi connectivity index (χ3v) is 2.22. The van der Waals surface area contributed by atoms with E-state index in [-0.39, 0.29) is 11.7 Å². The summed E-state index contributed by atoms with van der Waals surface area (Å²) in [5.41, 5.74) is 0.535. The Kier molecular flexibility index (Phi) is 3.61. The molecular formula is C11H15FO2. The highest BCUT2D eigenvalue weighted by molar-refractivity contribution is 5.19. The quantitative estimate of drug-likeness (QED) is 0.778. The van der Waals surface area contributed by atoms with Crippen LogP contribution in [0, 0.1) is 11.7 Å². The number of benzene rings is 1. The normalized spacial score (nSPS) is 15.6. The molecular weight excluding hydrogens is 183 g/mol. The van der Waals surface area contributed by atoms with E-state index in [1.54, 1.807) is 0 Å². The van der Waals surface area contributed by atoms with Crippen molar-refractivity contribution in [3.8, 4) is 0 Å². The van der Waals surface area contributed by atoms with Crippen LogP contribution in [0.5, 0.6) is 0 Å². The van der Waals surface area contributed by atoms with E-state index < -0.39 is 12.2 Å². The molecule has 78 valence electrons. The topological polar surface area (TPSA) is 40.5 Å². The summed E-state index contributed by atoms with van der Waals surface area (Å²) in [6.45, 7) is 3.63.